The first-order valence-electron chi connectivity index (χ1n) is 7.81. The molecule has 8 heteroatoms. The van der Waals surface area contributed by atoms with Crippen LogP contribution < -0.4 is 5.32 Å². The summed E-state index contributed by atoms with van der Waals surface area (Å²) in [5.41, 5.74) is 1.66. The number of rotatable bonds is 4. The van der Waals surface area contributed by atoms with Gasteiger partial charge in [-0.1, -0.05) is 23.7 Å². The molecule has 2 heterocycles. The van der Waals surface area contributed by atoms with Gasteiger partial charge in [-0.25, -0.2) is 8.42 Å². The molecule has 1 atom stereocenters. The largest absolute Gasteiger partial charge is 0.354 e. The quantitative estimate of drug-likeness (QED) is 0.883. The number of nitrogens with one attached hydrogen (secondary N) is 1. The molecule has 1 N–H and O–H groups in total. The Kier molecular flexibility index (Phi) is 4.96. The van der Waals surface area contributed by atoms with Crippen LogP contribution in [0.5, 0.6) is 0 Å². The number of hydrogen-bond donors (Lipinski definition) is 1. The van der Waals surface area contributed by atoms with Crippen molar-refractivity contribution in [2.45, 2.75) is 12.5 Å². The number of hydrogen-bond acceptors (Lipinski definition) is 5. The zero-order valence-electron chi connectivity index (χ0n) is 13.6. The summed E-state index contributed by atoms with van der Waals surface area (Å²) in [6.07, 6.45) is 1.99. The van der Waals surface area contributed by atoms with Gasteiger partial charge in [-0.3, -0.25) is 9.78 Å². The van der Waals surface area contributed by atoms with Gasteiger partial charge in [0.15, 0.2) is 9.84 Å². The minimum Gasteiger partial charge on any atom is -0.354 e. The van der Waals surface area contributed by atoms with E-state index in [0.29, 0.717) is 17.1 Å². The lowest BCUT2D eigenvalue weighted by atomic mass is 10.2. The predicted octanol–water partition coefficient (Wildman–Crippen LogP) is 2.74. The number of para-hydroxylation sites is 1. The number of nitrogens with zero attached hydrogens (tertiary/aromatic N) is 2. The zero-order chi connectivity index (χ0) is 18.0. The van der Waals surface area contributed by atoms with Crippen molar-refractivity contribution < 1.29 is 13.2 Å². The van der Waals surface area contributed by atoms with Gasteiger partial charge in [0.1, 0.15) is 5.69 Å². The van der Waals surface area contributed by atoms with Crippen LogP contribution in [0.15, 0.2) is 42.6 Å². The van der Waals surface area contributed by atoms with Crippen LogP contribution in [-0.2, 0) is 9.84 Å². The molecule has 132 valence electrons. The second-order valence-electron chi connectivity index (χ2n) is 6.01. The summed E-state index contributed by atoms with van der Waals surface area (Å²) < 4.78 is 23.2. The van der Waals surface area contributed by atoms with Gasteiger partial charge in [0.2, 0.25) is 0 Å². The van der Waals surface area contributed by atoms with E-state index in [0.717, 1.165) is 5.69 Å². The fourth-order valence-corrected chi connectivity index (χ4v) is 4.73. The number of halogens is 1. The van der Waals surface area contributed by atoms with Gasteiger partial charge in [0, 0.05) is 25.0 Å². The molecule has 0 spiro atoms. The maximum Gasteiger partial charge on any atom is 0.272 e. The summed E-state index contributed by atoms with van der Waals surface area (Å²) in [5, 5.41) is 3.72. The first-order valence-corrected chi connectivity index (χ1v) is 10.0. The third-order valence-electron chi connectivity index (χ3n) is 4.21. The monoisotopic (exact) mass is 379 g/mol. The smallest absolute Gasteiger partial charge is 0.272 e. The van der Waals surface area contributed by atoms with E-state index in [9.17, 15) is 13.2 Å². The average molecular weight is 380 g/mol. The van der Waals surface area contributed by atoms with E-state index in [2.05, 4.69) is 10.3 Å². The lowest BCUT2D eigenvalue weighted by Gasteiger charge is -2.23. The molecule has 0 aliphatic carbocycles. The fraction of sp³-hybridized carbons (Fsp3) is 0.294. The minimum absolute atomic E-state index is 0.00675. The first-order chi connectivity index (χ1) is 11.9. The molecule has 1 aromatic carbocycles. The van der Waals surface area contributed by atoms with E-state index < -0.39 is 9.84 Å². The number of anilines is 2. The van der Waals surface area contributed by atoms with Gasteiger partial charge in [-0.05, 0) is 30.7 Å². The third kappa shape index (κ3) is 4.11. The van der Waals surface area contributed by atoms with Crippen molar-refractivity contribution in [2.75, 3.05) is 23.9 Å². The number of pyridine rings is 1. The van der Waals surface area contributed by atoms with Crippen molar-refractivity contribution in [3.63, 3.8) is 0 Å². The van der Waals surface area contributed by atoms with E-state index in [1.807, 2.05) is 18.2 Å². The standard InChI is InChI=1S/C17H18ClN3O3S/c1-21(13-7-9-25(23,24)11-13)17(22)16-10-12(6-8-19-16)20-15-5-3-2-4-14(15)18/h2-6,8,10,13H,7,9,11H2,1H3,(H,19,20). The van der Waals surface area contributed by atoms with Crippen molar-refractivity contribution >= 4 is 38.7 Å². The average Bonchev–Trinajstić information content (AvgIpc) is 2.96. The second kappa shape index (κ2) is 7.01. The number of carbonyl (C=O) groups is 1. The highest BCUT2D eigenvalue weighted by Gasteiger charge is 2.33. The summed E-state index contributed by atoms with van der Waals surface area (Å²) in [6.45, 7) is 0. The highest BCUT2D eigenvalue weighted by Crippen LogP contribution is 2.25. The number of carbonyl (C=O) groups excluding carboxylic acids is 1. The number of amides is 1. The van der Waals surface area contributed by atoms with E-state index >= 15 is 0 Å². The van der Waals surface area contributed by atoms with Gasteiger partial charge in [0.05, 0.1) is 22.2 Å². The first kappa shape index (κ1) is 17.7. The molecule has 1 amide bonds. The van der Waals surface area contributed by atoms with Gasteiger partial charge < -0.3 is 10.2 Å². The maximum absolute atomic E-state index is 12.6. The van der Waals surface area contributed by atoms with E-state index in [-0.39, 0.29) is 29.1 Å². The summed E-state index contributed by atoms with van der Waals surface area (Å²) >= 11 is 6.13. The molecule has 0 saturated carbocycles. The van der Waals surface area contributed by atoms with Crippen molar-refractivity contribution in [2.24, 2.45) is 0 Å². The van der Waals surface area contributed by atoms with Gasteiger partial charge >= 0.3 is 0 Å². The van der Waals surface area contributed by atoms with Crippen LogP contribution in [0.1, 0.15) is 16.9 Å². The number of sulfone groups is 1. The summed E-state index contributed by atoms with van der Waals surface area (Å²) in [6, 6.07) is 10.4. The molecule has 1 saturated heterocycles. The van der Waals surface area contributed by atoms with Crippen LogP contribution in [-0.4, -0.2) is 48.8 Å². The van der Waals surface area contributed by atoms with Crippen LogP contribution in [0.4, 0.5) is 11.4 Å². The van der Waals surface area contributed by atoms with Crippen LogP contribution in [0.25, 0.3) is 0 Å². The highest BCUT2D eigenvalue weighted by atomic mass is 35.5. The molecule has 1 aliphatic rings. The van der Waals surface area contributed by atoms with Crippen LogP contribution in [0.2, 0.25) is 5.02 Å². The Morgan fingerprint density at radius 2 is 2.08 bits per heavy atom. The Morgan fingerprint density at radius 3 is 2.76 bits per heavy atom. The third-order valence-corrected chi connectivity index (χ3v) is 6.29. The molecule has 1 aromatic heterocycles. The minimum atomic E-state index is -3.05. The molecular weight excluding hydrogens is 362 g/mol. The van der Waals surface area contributed by atoms with Gasteiger partial charge in [-0.2, -0.15) is 0 Å². The van der Waals surface area contributed by atoms with E-state index in [4.69, 9.17) is 11.6 Å². The Labute approximate surface area is 151 Å². The molecule has 3 rings (SSSR count). The summed E-state index contributed by atoms with van der Waals surface area (Å²) in [7, 11) is -1.44. The maximum atomic E-state index is 12.6. The molecule has 25 heavy (non-hydrogen) atoms. The summed E-state index contributed by atoms with van der Waals surface area (Å²) in [4.78, 5) is 18.2. The van der Waals surface area contributed by atoms with Crippen molar-refractivity contribution in [1.82, 2.24) is 9.88 Å². The SMILES string of the molecule is CN(C(=O)c1cc(Nc2ccccc2Cl)ccn1)C1CCS(=O)(=O)C1. The molecule has 1 fully saturated rings. The predicted molar refractivity (Wildman–Crippen MR) is 98.1 cm³/mol. The molecule has 1 unspecified atom stereocenters. The summed E-state index contributed by atoms with van der Waals surface area (Å²) in [5.74, 6) is -0.172. The van der Waals surface area contributed by atoms with Crippen LogP contribution >= 0.6 is 11.6 Å². The Morgan fingerprint density at radius 1 is 1.32 bits per heavy atom. The molecule has 1 aliphatic heterocycles. The lowest BCUT2D eigenvalue weighted by Crippen LogP contribution is -2.38. The van der Waals surface area contributed by atoms with Crippen molar-refractivity contribution in [3.05, 3.63) is 53.3 Å². The van der Waals surface area contributed by atoms with Gasteiger partial charge in [-0.15, -0.1) is 0 Å². The van der Waals surface area contributed by atoms with E-state index in [1.165, 1.54) is 11.1 Å². The molecular formula is C17H18ClN3O3S. The fourth-order valence-electron chi connectivity index (χ4n) is 2.77. The highest BCUT2D eigenvalue weighted by molar-refractivity contribution is 7.91. The number of benzene rings is 1. The van der Waals surface area contributed by atoms with Crippen molar-refractivity contribution in [3.8, 4) is 0 Å². The Hall–Kier alpha value is -2.12. The molecule has 6 nitrogen and oxygen atoms in total. The molecule has 2 aromatic rings. The molecule has 0 bridgehead atoms. The lowest BCUT2D eigenvalue weighted by molar-refractivity contribution is 0.0742. The normalized spacial score (nSPS) is 18.7. The van der Waals surface area contributed by atoms with E-state index in [1.54, 1.807) is 25.2 Å². The second-order valence-corrected chi connectivity index (χ2v) is 8.64. The Balaban J connectivity index is 1.77. The van der Waals surface area contributed by atoms with Crippen LogP contribution in [0.3, 0.4) is 0 Å². The Bertz CT molecular complexity index is 902. The van der Waals surface area contributed by atoms with Crippen molar-refractivity contribution in [1.29, 1.82) is 0 Å². The van der Waals surface area contributed by atoms with Gasteiger partial charge in [0.25, 0.3) is 5.91 Å². The zero-order valence-corrected chi connectivity index (χ0v) is 15.2. The van der Waals surface area contributed by atoms with Crippen LogP contribution in [0, 0.1) is 0 Å². The molecule has 0 radical (unpaired) electrons. The topological polar surface area (TPSA) is 79.4 Å². The number of aromatic nitrogens is 1.